The van der Waals surface area contributed by atoms with Crippen LogP contribution in [-0.4, -0.2) is 11.9 Å². The molecule has 0 aliphatic heterocycles. The molecule has 4 heteroatoms. The van der Waals surface area contributed by atoms with Crippen LogP contribution in [-0.2, 0) is 16.0 Å². The summed E-state index contributed by atoms with van der Waals surface area (Å²) in [7, 11) is 0. The Kier molecular flexibility index (Phi) is 8.51. The number of aryl methyl sites for hydroxylation is 1. The average Bonchev–Trinajstić information content (AvgIpc) is 2.53. The molecule has 0 aliphatic rings. The normalized spacial score (nSPS) is 11.0. The van der Waals surface area contributed by atoms with Gasteiger partial charge in [0.05, 0.1) is 11.8 Å². The van der Waals surface area contributed by atoms with Gasteiger partial charge in [0.2, 0.25) is 0 Å². The van der Waals surface area contributed by atoms with E-state index in [1.54, 1.807) is 33.8 Å². The number of benzene rings is 1. The minimum absolute atomic E-state index is 0.243. The van der Waals surface area contributed by atoms with E-state index in [0.717, 1.165) is 18.4 Å². The van der Waals surface area contributed by atoms with Crippen molar-refractivity contribution in [2.45, 2.75) is 66.7 Å². The number of rotatable bonds is 9. The van der Waals surface area contributed by atoms with Gasteiger partial charge in [-0.05, 0) is 30.5 Å². The van der Waals surface area contributed by atoms with E-state index >= 15 is 0 Å². The Labute approximate surface area is 145 Å². The molecule has 0 saturated carbocycles. The highest BCUT2D eigenvalue weighted by atomic mass is 16.6. The summed E-state index contributed by atoms with van der Waals surface area (Å²) >= 11 is 0. The van der Waals surface area contributed by atoms with E-state index < -0.39 is 0 Å². The minimum atomic E-state index is -0.340. The summed E-state index contributed by atoms with van der Waals surface area (Å²) in [4.78, 5) is 23.8. The molecule has 0 saturated heterocycles. The molecule has 1 aromatic carbocycles. The zero-order valence-electron chi connectivity index (χ0n) is 15.6. The van der Waals surface area contributed by atoms with Crippen molar-refractivity contribution >= 4 is 11.9 Å². The molecule has 134 valence electrons. The second-order valence-corrected chi connectivity index (χ2v) is 6.74. The van der Waals surface area contributed by atoms with Crippen molar-refractivity contribution in [3.63, 3.8) is 0 Å². The monoisotopic (exact) mass is 334 g/mol. The van der Waals surface area contributed by atoms with E-state index in [4.69, 9.17) is 9.47 Å². The lowest BCUT2D eigenvalue weighted by atomic mass is 10.1. The zero-order chi connectivity index (χ0) is 18.1. The van der Waals surface area contributed by atoms with Crippen LogP contribution < -0.4 is 9.47 Å². The zero-order valence-corrected chi connectivity index (χ0v) is 15.6. The SMILES string of the molecule is CCCCCCc1ccc(OC(=O)C(C)C)c(OC(=O)C(C)C)c1. The number of unbranched alkanes of at least 4 members (excludes halogenated alkanes) is 3. The Balaban J connectivity index is 2.92. The average molecular weight is 334 g/mol. The molecule has 1 rings (SSSR count). The van der Waals surface area contributed by atoms with Gasteiger partial charge in [-0.15, -0.1) is 0 Å². The van der Waals surface area contributed by atoms with E-state index in [2.05, 4.69) is 6.92 Å². The molecule has 0 atom stereocenters. The van der Waals surface area contributed by atoms with Crippen LogP contribution in [0.2, 0.25) is 0 Å². The van der Waals surface area contributed by atoms with Gasteiger partial charge >= 0.3 is 11.9 Å². The summed E-state index contributed by atoms with van der Waals surface area (Å²) in [5, 5.41) is 0. The van der Waals surface area contributed by atoms with E-state index in [9.17, 15) is 9.59 Å². The first-order valence-electron chi connectivity index (χ1n) is 8.91. The Morgan fingerprint density at radius 3 is 2.00 bits per heavy atom. The first-order valence-corrected chi connectivity index (χ1v) is 8.91. The summed E-state index contributed by atoms with van der Waals surface area (Å²) in [6.07, 6.45) is 5.61. The van der Waals surface area contributed by atoms with Gasteiger partial charge in [-0.2, -0.15) is 0 Å². The number of ether oxygens (including phenoxy) is 2. The predicted octanol–water partition coefficient (Wildman–Crippen LogP) is 4.93. The first-order chi connectivity index (χ1) is 11.3. The number of esters is 2. The lowest BCUT2D eigenvalue weighted by Crippen LogP contribution is -2.18. The van der Waals surface area contributed by atoms with Crippen molar-refractivity contribution in [2.24, 2.45) is 11.8 Å². The molecule has 0 aliphatic carbocycles. The number of carbonyl (C=O) groups is 2. The molecule has 0 fully saturated rings. The Hall–Kier alpha value is -1.84. The van der Waals surface area contributed by atoms with E-state index in [-0.39, 0.29) is 23.8 Å². The van der Waals surface area contributed by atoms with Crippen LogP contribution >= 0.6 is 0 Å². The van der Waals surface area contributed by atoms with Crippen molar-refractivity contribution in [1.29, 1.82) is 0 Å². The summed E-state index contributed by atoms with van der Waals surface area (Å²) in [5.41, 5.74) is 1.09. The Morgan fingerprint density at radius 2 is 1.46 bits per heavy atom. The minimum Gasteiger partial charge on any atom is -0.422 e. The van der Waals surface area contributed by atoms with Gasteiger partial charge in [0.25, 0.3) is 0 Å². The topological polar surface area (TPSA) is 52.6 Å². The highest BCUT2D eigenvalue weighted by Crippen LogP contribution is 2.30. The standard InChI is InChI=1S/C20H30O4/c1-6-7-8-9-10-16-11-12-17(23-19(21)14(2)3)18(13-16)24-20(22)15(4)5/h11-15H,6-10H2,1-5H3. The van der Waals surface area contributed by atoms with Crippen LogP contribution in [0.4, 0.5) is 0 Å². The second-order valence-electron chi connectivity index (χ2n) is 6.74. The highest BCUT2D eigenvalue weighted by Gasteiger charge is 2.18. The molecule has 24 heavy (non-hydrogen) atoms. The largest absolute Gasteiger partial charge is 0.422 e. The van der Waals surface area contributed by atoms with Crippen LogP contribution in [0, 0.1) is 11.8 Å². The lowest BCUT2D eigenvalue weighted by molar-refractivity contribution is -0.140. The first kappa shape index (κ1) is 20.2. The van der Waals surface area contributed by atoms with Crippen LogP contribution in [0.15, 0.2) is 18.2 Å². The van der Waals surface area contributed by atoms with Crippen molar-refractivity contribution in [2.75, 3.05) is 0 Å². The lowest BCUT2D eigenvalue weighted by Gasteiger charge is -2.14. The number of hydrogen-bond donors (Lipinski definition) is 0. The molecular formula is C20H30O4. The Bertz CT molecular complexity index is 547. The molecule has 0 aromatic heterocycles. The van der Waals surface area contributed by atoms with Crippen molar-refractivity contribution in [3.8, 4) is 11.5 Å². The third kappa shape index (κ3) is 6.73. The van der Waals surface area contributed by atoms with Crippen LogP contribution in [0.3, 0.4) is 0 Å². The van der Waals surface area contributed by atoms with Crippen LogP contribution in [0.1, 0.15) is 65.9 Å². The van der Waals surface area contributed by atoms with Crippen LogP contribution in [0.25, 0.3) is 0 Å². The number of hydrogen-bond acceptors (Lipinski definition) is 4. The fourth-order valence-corrected chi connectivity index (χ4v) is 2.08. The summed E-state index contributed by atoms with van der Waals surface area (Å²) < 4.78 is 10.8. The fourth-order valence-electron chi connectivity index (χ4n) is 2.08. The van der Waals surface area contributed by atoms with Gasteiger partial charge in [-0.3, -0.25) is 9.59 Å². The Morgan fingerprint density at radius 1 is 0.875 bits per heavy atom. The molecule has 0 unspecified atom stereocenters. The van der Waals surface area contributed by atoms with Crippen molar-refractivity contribution in [1.82, 2.24) is 0 Å². The van der Waals surface area contributed by atoms with Gasteiger partial charge in [0, 0.05) is 0 Å². The molecule has 0 amide bonds. The van der Waals surface area contributed by atoms with Gasteiger partial charge in [-0.1, -0.05) is 59.9 Å². The van der Waals surface area contributed by atoms with Crippen molar-refractivity contribution < 1.29 is 19.1 Å². The van der Waals surface area contributed by atoms with Gasteiger partial charge < -0.3 is 9.47 Å². The molecule has 0 radical (unpaired) electrons. The van der Waals surface area contributed by atoms with E-state index in [1.165, 1.54) is 19.3 Å². The van der Waals surface area contributed by atoms with E-state index in [0.29, 0.717) is 11.5 Å². The quantitative estimate of drug-likeness (QED) is 0.365. The molecule has 0 spiro atoms. The van der Waals surface area contributed by atoms with Crippen molar-refractivity contribution in [3.05, 3.63) is 23.8 Å². The maximum Gasteiger partial charge on any atom is 0.313 e. The summed E-state index contributed by atoms with van der Waals surface area (Å²) in [6, 6.07) is 5.47. The number of carbonyl (C=O) groups excluding carboxylic acids is 2. The van der Waals surface area contributed by atoms with E-state index in [1.807, 2.05) is 12.1 Å². The maximum atomic E-state index is 11.9. The predicted molar refractivity (Wildman–Crippen MR) is 95.2 cm³/mol. The highest BCUT2D eigenvalue weighted by molar-refractivity contribution is 5.78. The molecule has 0 N–H and O–H groups in total. The molecule has 0 heterocycles. The maximum absolute atomic E-state index is 11.9. The third-order valence-corrected chi connectivity index (χ3v) is 3.69. The molecule has 4 nitrogen and oxygen atoms in total. The summed E-state index contributed by atoms with van der Waals surface area (Å²) in [5.74, 6) is -0.526. The summed E-state index contributed by atoms with van der Waals surface area (Å²) in [6.45, 7) is 9.27. The smallest absolute Gasteiger partial charge is 0.313 e. The molecule has 0 bridgehead atoms. The van der Waals surface area contributed by atoms with Gasteiger partial charge in [-0.25, -0.2) is 0 Å². The second kappa shape index (κ2) is 10.1. The van der Waals surface area contributed by atoms with Gasteiger partial charge in [0.15, 0.2) is 11.5 Å². The van der Waals surface area contributed by atoms with Gasteiger partial charge in [0.1, 0.15) is 0 Å². The fraction of sp³-hybridized carbons (Fsp3) is 0.600. The molecule has 1 aromatic rings. The molecular weight excluding hydrogens is 304 g/mol. The third-order valence-electron chi connectivity index (χ3n) is 3.69. The van der Waals surface area contributed by atoms with Crippen LogP contribution in [0.5, 0.6) is 11.5 Å².